The standard InChI is InChI=1S/C19H23FN2O3/c1-22(2)18(13-5-7-14(24-3)8-6-13)12-21-19(23)16-10-9-15(25-4)11-17(16)20/h5-11,18H,12H2,1-4H3,(H,21,23)/t18-/m0/s1. The number of methoxy groups -OCH3 is 2. The fourth-order valence-electron chi connectivity index (χ4n) is 2.52. The lowest BCUT2D eigenvalue weighted by Gasteiger charge is -2.25. The summed E-state index contributed by atoms with van der Waals surface area (Å²) in [5.41, 5.74) is 1.02. The third kappa shape index (κ3) is 4.70. The normalized spacial score (nSPS) is 11.9. The molecular formula is C19H23FN2O3. The summed E-state index contributed by atoms with van der Waals surface area (Å²) in [6, 6.07) is 11.8. The number of hydrogen-bond acceptors (Lipinski definition) is 4. The van der Waals surface area contributed by atoms with E-state index in [4.69, 9.17) is 9.47 Å². The number of nitrogens with one attached hydrogen (secondary N) is 1. The van der Waals surface area contributed by atoms with Crippen LogP contribution in [0, 0.1) is 5.82 Å². The molecule has 0 heterocycles. The van der Waals surface area contributed by atoms with E-state index in [1.165, 1.54) is 19.2 Å². The van der Waals surface area contributed by atoms with Crippen molar-refractivity contribution in [1.29, 1.82) is 0 Å². The topological polar surface area (TPSA) is 50.8 Å². The molecule has 0 saturated carbocycles. The number of nitrogens with zero attached hydrogens (tertiary/aromatic N) is 1. The van der Waals surface area contributed by atoms with Crippen LogP contribution in [0.4, 0.5) is 4.39 Å². The molecular weight excluding hydrogens is 323 g/mol. The van der Waals surface area contributed by atoms with Crippen LogP contribution in [0.15, 0.2) is 42.5 Å². The second kappa shape index (κ2) is 8.48. The highest BCUT2D eigenvalue weighted by atomic mass is 19.1. The SMILES string of the molecule is COc1ccc([C@H](CNC(=O)c2ccc(OC)cc2F)N(C)C)cc1. The minimum Gasteiger partial charge on any atom is -0.497 e. The van der Waals surface area contributed by atoms with Crippen molar-refractivity contribution in [2.45, 2.75) is 6.04 Å². The Morgan fingerprint density at radius 2 is 1.68 bits per heavy atom. The summed E-state index contributed by atoms with van der Waals surface area (Å²) in [6.07, 6.45) is 0. The Labute approximate surface area is 147 Å². The summed E-state index contributed by atoms with van der Waals surface area (Å²) in [7, 11) is 6.91. The summed E-state index contributed by atoms with van der Waals surface area (Å²) in [5.74, 6) is 0.0762. The number of carbonyl (C=O) groups is 1. The molecule has 0 unspecified atom stereocenters. The van der Waals surface area contributed by atoms with Crippen LogP contribution in [0.3, 0.4) is 0 Å². The third-order valence-electron chi connectivity index (χ3n) is 4.00. The van der Waals surface area contributed by atoms with Crippen molar-refractivity contribution >= 4 is 5.91 Å². The van der Waals surface area contributed by atoms with E-state index in [1.54, 1.807) is 13.2 Å². The first-order chi connectivity index (χ1) is 12.0. The molecule has 0 radical (unpaired) electrons. The van der Waals surface area contributed by atoms with Gasteiger partial charge in [0.2, 0.25) is 0 Å². The number of benzene rings is 2. The molecule has 1 N–H and O–H groups in total. The maximum Gasteiger partial charge on any atom is 0.254 e. The lowest BCUT2D eigenvalue weighted by atomic mass is 10.1. The number of likely N-dealkylation sites (N-methyl/N-ethyl adjacent to an activating group) is 1. The van der Waals surface area contributed by atoms with Gasteiger partial charge in [0.25, 0.3) is 5.91 Å². The number of amides is 1. The smallest absolute Gasteiger partial charge is 0.254 e. The van der Waals surface area contributed by atoms with Crippen LogP contribution in [0.5, 0.6) is 11.5 Å². The molecule has 0 spiro atoms. The zero-order valence-corrected chi connectivity index (χ0v) is 14.9. The van der Waals surface area contributed by atoms with E-state index in [0.717, 1.165) is 11.3 Å². The monoisotopic (exact) mass is 346 g/mol. The third-order valence-corrected chi connectivity index (χ3v) is 4.00. The van der Waals surface area contributed by atoms with Crippen LogP contribution in [0.2, 0.25) is 0 Å². The van der Waals surface area contributed by atoms with Crippen LogP contribution in [0.1, 0.15) is 22.0 Å². The average Bonchev–Trinajstić information content (AvgIpc) is 2.61. The van der Waals surface area contributed by atoms with Crippen molar-refractivity contribution in [3.05, 3.63) is 59.4 Å². The summed E-state index contributed by atoms with van der Waals surface area (Å²) in [4.78, 5) is 14.3. The van der Waals surface area contributed by atoms with Gasteiger partial charge in [-0.2, -0.15) is 0 Å². The predicted octanol–water partition coefficient (Wildman–Crippen LogP) is 2.88. The molecule has 6 heteroatoms. The molecule has 0 aliphatic heterocycles. The zero-order chi connectivity index (χ0) is 18.4. The largest absolute Gasteiger partial charge is 0.497 e. The van der Waals surface area contributed by atoms with Gasteiger partial charge in [0, 0.05) is 12.6 Å². The van der Waals surface area contributed by atoms with Gasteiger partial charge in [-0.3, -0.25) is 4.79 Å². The predicted molar refractivity (Wildman–Crippen MR) is 94.7 cm³/mol. The minimum absolute atomic E-state index is 0.00645. The minimum atomic E-state index is -0.609. The van der Waals surface area contributed by atoms with Gasteiger partial charge >= 0.3 is 0 Å². The fourth-order valence-corrected chi connectivity index (χ4v) is 2.52. The van der Waals surface area contributed by atoms with E-state index in [9.17, 15) is 9.18 Å². The molecule has 2 rings (SSSR count). The van der Waals surface area contributed by atoms with E-state index in [0.29, 0.717) is 12.3 Å². The van der Waals surface area contributed by atoms with Crippen molar-refractivity contribution in [2.75, 3.05) is 34.9 Å². The molecule has 1 amide bonds. The maximum absolute atomic E-state index is 14.0. The van der Waals surface area contributed by atoms with E-state index in [2.05, 4.69) is 5.32 Å². The van der Waals surface area contributed by atoms with Crippen molar-refractivity contribution in [1.82, 2.24) is 10.2 Å². The average molecular weight is 346 g/mol. The second-order valence-corrected chi connectivity index (χ2v) is 5.81. The van der Waals surface area contributed by atoms with E-state index >= 15 is 0 Å². The number of ether oxygens (including phenoxy) is 2. The van der Waals surface area contributed by atoms with Crippen LogP contribution in [-0.2, 0) is 0 Å². The molecule has 134 valence electrons. The summed E-state index contributed by atoms with van der Waals surface area (Å²) in [5, 5.41) is 2.79. The quantitative estimate of drug-likeness (QED) is 0.838. The molecule has 1 atom stereocenters. The van der Waals surface area contributed by atoms with Gasteiger partial charge in [-0.1, -0.05) is 12.1 Å². The van der Waals surface area contributed by atoms with E-state index < -0.39 is 11.7 Å². The van der Waals surface area contributed by atoms with Crippen molar-refractivity contribution in [3.8, 4) is 11.5 Å². The summed E-state index contributed by atoms with van der Waals surface area (Å²) >= 11 is 0. The molecule has 0 bridgehead atoms. The highest BCUT2D eigenvalue weighted by Crippen LogP contribution is 2.21. The van der Waals surface area contributed by atoms with Gasteiger partial charge in [0.1, 0.15) is 17.3 Å². The molecule has 0 aromatic heterocycles. The molecule has 2 aromatic carbocycles. The molecule has 25 heavy (non-hydrogen) atoms. The van der Waals surface area contributed by atoms with Gasteiger partial charge in [0.05, 0.1) is 25.8 Å². The van der Waals surface area contributed by atoms with Crippen molar-refractivity contribution < 1.29 is 18.7 Å². The highest BCUT2D eigenvalue weighted by Gasteiger charge is 2.18. The highest BCUT2D eigenvalue weighted by molar-refractivity contribution is 5.94. The maximum atomic E-state index is 14.0. The van der Waals surface area contributed by atoms with E-state index in [1.807, 2.05) is 43.3 Å². The first kappa shape index (κ1) is 18.7. The fraction of sp³-hybridized carbons (Fsp3) is 0.316. The van der Waals surface area contributed by atoms with E-state index in [-0.39, 0.29) is 11.6 Å². The first-order valence-electron chi connectivity index (χ1n) is 7.88. The summed E-state index contributed by atoms with van der Waals surface area (Å²) < 4.78 is 24.1. The number of hydrogen-bond donors (Lipinski definition) is 1. The number of halogens is 1. The van der Waals surface area contributed by atoms with Crippen LogP contribution < -0.4 is 14.8 Å². The van der Waals surface area contributed by atoms with Gasteiger partial charge < -0.3 is 19.7 Å². The number of rotatable bonds is 7. The Balaban J connectivity index is 2.08. The first-order valence-corrected chi connectivity index (χ1v) is 7.88. The van der Waals surface area contributed by atoms with Crippen molar-refractivity contribution in [2.24, 2.45) is 0 Å². The molecule has 0 fully saturated rings. The van der Waals surface area contributed by atoms with Crippen LogP contribution in [0.25, 0.3) is 0 Å². The lowest BCUT2D eigenvalue weighted by Crippen LogP contribution is -2.34. The lowest BCUT2D eigenvalue weighted by molar-refractivity contribution is 0.0938. The Kier molecular flexibility index (Phi) is 6.36. The molecule has 0 saturated heterocycles. The van der Waals surface area contributed by atoms with Crippen LogP contribution in [-0.4, -0.2) is 45.7 Å². The Morgan fingerprint density at radius 1 is 1.08 bits per heavy atom. The molecule has 5 nitrogen and oxygen atoms in total. The Morgan fingerprint density at radius 3 is 2.20 bits per heavy atom. The van der Waals surface area contributed by atoms with Gasteiger partial charge in [-0.25, -0.2) is 4.39 Å². The Hall–Kier alpha value is -2.60. The number of carbonyl (C=O) groups excluding carboxylic acids is 1. The second-order valence-electron chi connectivity index (χ2n) is 5.81. The molecule has 0 aliphatic carbocycles. The van der Waals surface area contributed by atoms with Gasteiger partial charge in [0.15, 0.2) is 0 Å². The van der Waals surface area contributed by atoms with Crippen molar-refractivity contribution in [3.63, 3.8) is 0 Å². The van der Waals surface area contributed by atoms with Crippen LogP contribution >= 0.6 is 0 Å². The molecule has 0 aliphatic rings. The molecule has 2 aromatic rings. The summed E-state index contributed by atoms with van der Waals surface area (Å²) in [6.45, 7) is 0.351. The Bertz CT molecular complexity index is 717. The van der Waals surface area contributed by atoms with Gasteiger partial charge in [-0.15, -0.1) is 0 Å². The van der Waals surface area contributed by atoms with Gasteiger partial charge in [-0.05, 0) is 43.9 Å². The zero-order valence-electron chi connectivity index (χ0n) is 14.9.